The van der Waals surface area contributed by atoms with Crippen LogP contribution in [0.15, 0.2) is 48.5 Å². The Labute approximate surface area is 159 Å². The molecule has 1 fully saturated rings. The van der Waals surface area contributed by atoms with E-state index in [0.717, 1.165) is 30.5 Å². The maximum absolute atomic E-state index is 13.4. The molecule has 0 aromatic heterocycles. The van der Waals surface area contributed by atoms with Gasteiger partial charge in [-0.3, -0.25) is 4.79 Å². The van der Waals surface area contributed by atoms with Gasteiger partial charge in [-0.1, -0.05) is 35.9 Å². The largest absolute Gasteiger partial charge is 0.334 e. The number of hydrogen-bond acceptors (Lipinski definition) is 2. The van der Waals surface area contributed by atoms with E-state index in [1.807, 2.05) is 31.3 Å². The molecule has 0 aliphatic carbocycles. The molecular weight excluding hydrogens is 351 g/mol. The molecule has 1 aliphatic heterocycles. The third-order valence-corrected chi connectivity index (χ3v) is 5.33. The Morgan fingerprint density at radius 2 is 1.73 bits per heavy atom. The second-order valence-corrected chi connectivity index (χ2v) is 7.47. The zero-order valence-electron chi connectivity index (χ0n) is 15.1. The molecule has 138 valence electrons. The first-order valence-electron chi connectivity index (χ1n) is 8.96. The SMILES string of the molecule is C[C@H]1C[C@@H](C(=O)N(C)C(c2ccc(F)cc2)c2ccc(Cl)cc2)CCN1. The quantitative estimate of drug-likeness (QED) is 0.859. The Kier molecular flexibility index (Phi) is 5.94. The average molecular weight is 375 g/mol. The molecule has 1 saturated heterocycles. The zero-order valence-corrected chi connectivity index (χ0v) is 15.8. The van der Waals surface area contributed by atoms with Crippen molar-refractivity contribution < 1.29 is 9.18 Å². The third-order valence-electron chi connectivity index (χ3n) is 5.08. The molecule has 0 spiro atoms. The van der Waals surface area contributed by atoms with Gasteiger partial charge in [0.05, 0.1) is 6.04 Å². The van der Waals surface area contributed by atoms with Crippen LogP contribution in [-0.2, 0) is 4.79 Å². The van der Waals surface area contributed by atoms with Crippen molar-refractivity contribution in [1.29, 1.82) is 0 Å². The number of carbonyl (C=O) groups excluding carboxylic acids is 1. The van der Waals surface area contributed by atoms with Gasteiger partial charge in [0.15, 0.2) is 0 Å². The number of rotatable bonds is 4. The number of nitrogens with zero attached hydrogens (tertiary/aromatic N) is 1. The summed E-state index contributed by atoms with van der Waals surface area (Å²) < 4.78 is 13.4. The Morgan fingerprint density at radius 3 is 2.31 bits per heavy atom. The molecule has 3 rings (SSSR count). The Bertz CT molecular complexity index is 702. The van der Waals surface area contributed by atoms with E-state index < -0.39 is 0 Å². The number of carbonyl (C=O) groups is 1. The fourth-order valence-electron chi connectivity index (χ4n) is 3.70. The summed E-state index contributed by atoms with van der Waals surface area (Å²) in [7, 11) is 1.83. The van der Waals surface area contributed by atoms with Gasteiger partial charge in [-0.15, -0.1) is 0 Å². The first-order valence-corrected chi connectivity index (χ1v) is 9.34. The molecule has 26 heavy (non-hydrogen) atoms. The minimum absolute atomic E-state index is 0.00602. The Hall–Kier alpha value is -1.91. The van der Waals surface area contributed by atoms with Crippen molar-refractivity contribution in [2.24, 2.45) is 5.92 Å². The molecular formula is C21H24ClFN2O. The molecule has 1 N–H and O–H groups in total. The van der Waals surface area contributed by atoms with E-state index in [-0.39, 0.29) is 23.7 Å². The van der Waals surface area contributed by atoms with E-state index in [9.17, 15) is 9.18 Å². The number of nitrogens with one attached hydrogen (secondary N) is 1. The smallest absolute Gasteiger partial charge is 0.226 e. The van der Waals surface area contributed by atoms with Crippen LogP contribution in [0, 0.1) is 11.7 Å². The lowest BCUT2D eigenvalue weighted by atomic mass is 9.90. The molecule has 5 heteroatoms. The van der Waals surface area contributed by atoms with E-state index in [0.29, 0.717) is 11.1 Å². The van der Waals surface area contributed by atoms with E-state index in [1.165, 1.54) is 12.1 Å². The lowest BCUT2D eigenvalue weighted by molar-refractivity contribution is -0.136. The van der Waals surface area contributed by atoms with E-state index in [2.05, 4.69) is 12.2 Å². The van der Waals surface area contributed by atoms with E-state index in [4.69, 9.17) is 11.6 Å². The molecule has 3 atom stereocenters. The van der Waals surface area contributed by atoms with E-state index in [1.54, 1.807) is 17.0 Å². The summed E-state index contributed by atoms with van der Waals surface area (Å²) in [5.74, 6) is -0.154. The van der Waals surface area contributed by atoms with Crippen LogP contribution in [-0.4, -0.2) is 30.4 Å². The van der Waals surface area contributed by atoms with Crippen molar-refractivity contribution in [1.82, 2.24) is 10.2 Å². The van der Waals surface area contributed by atoms with Crippen LogP contribution >= 0.6 is 11.6 Å². The van der Waals surface area contributed by atoms with E-state index >= 15 is 0 Å². The monoisotopic (exact) mass is 374 g/mol. The van der Waals surface area contributed by atoms with Crippen LogP contribution in [0.25, 0.3) is 0 Å². The van der Waals surface area contributed by atoms with Gasteiger partial charge in [0.25, 0.3) is 0 Å². The maximum atomic E-state index is 13.4. The predicted octanol–water partition coefficient (Wildman–Crippen LogP) is 4.42. The first-order chi connectivity index (χ1) is 12.5. The summed E-state index contributed by atoms with van der Waals surface area (Å²) in [5.41, 5.74) is 1.84. The number of amides is 1. The summed E-state index contributed by atoms with van der Waals surface area (Å²) >= 11 is 6.03. The maximum Gasteiger partial charge on any atom is 0.226 e. The number of benzene rings is 2. The van der Waals surface area contributed by atoms with Crippen molar-refractivity contribution in [2.75, 3.05) is 13.6 Å². The summed E-state index contributed by atoms with van der Waals surface area (Å²) in [6.45, 7) is 2.96. The summed E-state index contributed by atoms with van der Waals surface area (Å²) in [5, 5.41) is 4.03. The van der Waals surface area contributed by atoms with Crippen molar-refractivity contribution in [2.45, 2.75) is 31.8 Å². The fraction of sp³-hybridized carbons (Fsp3) is 0.381. The van der Waals surface area contributed by atoms with Crippen LogP contribution in [0.3, 0.4) is 0 Å². The normalized spacial score (nSPS) is 21.2. The number of hydrogen-bond donors (Lipinski definition) is 1. The van der Waals surface area contributed by atoms with Gasteiger partial charge in [-0.05, 0) is 61.7 Å². The Morgan fingerprint density at radius 1 is 1.15 bits per heavy atom. The van der Waals surface area contributed by atoms with Crippen molar-refractivity contribution in [3.8, 4) is 0 Å². The highest BCUT2D eigenvalue weighted by atomic mass is 35.5. The second kappa shape index (κ2) is 8.19. The standard InChI is InChI=1S/C21H24ClFN2O/c1-14-13-17(11-12-24-14)21(26)25(2)20(15-3-7-18(22)8-4-15)16-5-9-19(23)10-6-16/h3-10,14,17,20,24H,11-13H2,1-2H3/t14-,17-,20?/m0/s1. The average Bonchev–Trinajstić information content (AvgIpc) is 2.64. The number of piperidine rings is 1. The highest BCUT2D eigenvalue weighted by Gasteiger charge is 2.31. The number of halogens is 2. The highest BCUT2D eigenvalue weighted by Crippen LogP contribution is 2.31. The van der Waals surface area contributed by atoms with Crippen LogP contribution in [0.2, 0.25) is 5.02 Å². The van der Waals surface area contributed by atoms with Crippen LogP contribution in [0.4, 0.5) is 4.39 Å². The molecule has 0 bridgehead atoms. The fourth-order valence-corrected chi connectivity index (χ4v) is 3.83. The molecule has 0 radical (unpaired) electrons. The molecule has 2 aromatic carbocycles. The van der Waals surface area contributed by atoms with Crippen LogP contribution in [0.5, 0.6) is 0 Å². The minimum atomic E-state index is -0.287. The minimum Gasteiger partial charge on any atom is -0.334 e. The lowest BCUT2D eigenvalue weighted by Gasteiger charge is -2.35. The van der Waals surface area contributed by atoms with Gasteiger partial charge >= 0.3 is 0 Å². The lowest BCUT2D eigenvalue weighted by Crippen LogP contribution is -2.44. The predicted molar refractivity (Wildman–Crippen MR) is 103 cm³/mol. The molecule has 1 aliphatic rings. The molecule has 1 unspecified atom stereocenters. The van der Waals surface area contributed by atoms with Gasteiger partial charge in [0.1, 0.15) is 5.82 Å². The topological polar surface area (TPSA) is 32.3 Å². The van der Waals surface area contributed by atoms with Crippen molar-refractivity contribution in [3.63, 3.8) is 0 Å². The van der Waals surface area contributed by atoms with Crippen molar-refractivity contribution >= 4 is 17.5 Å². The summed E-state index contributed by atoms with van der Waals surface area (Å²) in [6, 6.07) is 13.9. The van der Waals surface area contributed by atoms with Gasteiger partial charge in [0, 0.05) is 24.0 Å². The second-order valence-electron chi connectivity index (χ2n) is 7.03. The third kappa shape index (κ3) is 4.25. The zero-order chi connectivity index (χ0) is 18.7. The highest BCUT2D eigenvalue weighted by molar-refractivity contribution is 6.30. The van der Waals surface area contributed by atoms with Crippen molar-refractivity contribution in [3.05, 3.63) is 70.5 Å². The van der Waals surface area contributed by atoms with Gasteiger partial charge in [-0.2, -0.15) is 0 Å². The van der Waals surface area contributed by atoms with Gasteiger partial charge < -0.3 is 10.2 Å². The molecule has 1 heterocycles. The van der Waals surface area contributed by atoms with Gasteiger partial charge in [-0.25, -0.2) is 4.39 Å². The molecule has 3 nitrogen and oxygen atoms in total. The Balaban J connectivity index is 1.92. The molecule has 1 amide bonds. The molecule has 0 saturated carbocycles. The van der Waals surface area contributed by atoms with Crippen LogP contribution in [0.1, 0.15) is 36.9 Å². The summed E-state index contributed by atoms with van der Waals surface area (Å²) in [6.07, 6.45) is 1.67. The van der Waals surface area contributed by atoms with Gasteiger partial charge in [0.2, 0.25) is 5.91 Å². The summed E-state index contributed by atoms with van der Waals surface area (Å²) in [4.78, 5) is 15.0. The first kappa shape index (κ1) is 18.9. The van der Waals surface area contributed by atoms with Crippen LogP contribution < -0.4 is 5.32 Å². The molecule has 2 aromatic rings.